The largest absolute Gasteiger partial charge is 0.360 e. The highest BCUT2D eigenvalue weighted by atomic mass is 28.2. The molecule has 0 saturated carbocycles. The van der Waals surface area contributed by atoms with E-state index in [0.717, 1.165) is 0 Å². The van der Waals surface area contributed by atoms with E-state index in [0.29, 0.717) is 0 Å². The normalized spacial score (nSPS) is 16.5. The number of ether oxygens (including phenoxy) is 2. The van der Waals surface area contributed by atoms with Gasteiger partial charge in [-0.1, -0.05) is 35.8 Å². The number of rotatable bonds is 7. The molecular formula is C12H22O2Si. The van der Waals surface area contributed by atoms with E-state index in [4.69, 9.17) is 9.47 Å². The average Bonchev–Trinajstić information content (AvgIpc) is 2.65. The Morgan fingerprint density at radius 1 is 1.40 bits per heavy atom. The molecule has 0 saturated heterocycles. The Morgan fingerprint density at radius 3 is 2.67 bits per heavy atom. The van der Waals surface area contributed by atoms with Gasteiger partial charge in [0.25, 0.3) is 0 Å². The van der Waals surface area contributed by atoms with E-state index >= 15 is 0 Å². The summed E-state index contributed by atoms with van der Waals surface area (Å²) in [4.78, 5) is 0. The van der Waals surface area contributed by atoms with E-state index in [9.17, 15) is 0 Å². The van der Waals surface area contributed by atoms with Gasteiger partial charge in [-0.2, -0.15) is 0 Å². The number of hydrogen-bond donors (Lipinski definition) is 0. The van der Waals surface area contributed by atoms with Crippen LogP contribution in [-0.4, -0.2) is 29.7 Å². The third kappa shape index (κ3) is 4.78. The van der Waals surface area contributed by atoms with Gasteiger partial charge in [-0.3, -0.25) is 0 Å². The Hall–Kier alpha value is -0.383. The topological polar surface area (TPSA) is 18.5 Å². The van der Waals surface area contributed by atoms with Gasteiger partial charge in [0.2, 0.25) is 0 Å². The predicted octanol–water partition coefficient (Wildman–Crippen LogP) is 2.21. The van der Waals surface area contributed by atoms with Gasteiger partial charge in [0.1, 0.15) is 5.91 Å². The Labute approximate surface area is 95.2 Å². The summed E-state index contributed by atoms with van der Waals surface area (Å²) in [6.07, 6.45) is 8.35. The van der Waals surface area contributed by atoms with Crippen LogP contribution >= 0.6 is 0 Å². The Morgan fingerprint density at radius 2 is 2.13 bits per heavy atom. The average molecular weight is 226 g/mol. The first-order valence-corrected chi connectivity index (χ1v) is 7.49. The van der Waals surface area contributed by atoms with Crippen molar-refractivity contribution in [1.82, 2.24) is 0 Å². The summed E-state index contributed by atoms with van der Waals surface area (Å²) in [5, 5.41) is 0. The summed E-state index contributed by atoms with van der Waals surface area (Å²) < 4.78 is 10.4. The molecule has 0 heterocycles. The molecule has 1 aliphatic rings. The van der Waals surface area contributed by atoms with Crippen LogP contribution in [0.3, 0.4) is 0 Å². The van der Waals surface area contributed by atoms with Crippen molar-refractivity contribution in [3.05, 3.63) is 23.3 Å². The molecule has 2 nitrogen and oxygen atoms in total. The van der Waals surface area contributed by atoms with E-state index < -0.39 is 0 Å². The lowest BCUT2D eigenvalue weighted by molar-refractivity contribution is -0.0441. The lowest BCUT2D eigenvalue weighted by Gasteiger charge is -2.12. The first kappa shape index (κ1) is 12.7. The van der Waals surface area contributed by atoms with Gasteiger partial charge in [0.05, 0.1) is 9.52 Å². The van der Waals surface area contributed by atoms with Crippen LogP contribution in [0.15, 0.2) is 23.3 Å². The molecule has 0 amide bonds. The van der Waals surface area contributed by atoms with Crippen molar-refractivity contribution < 1.29 is 9.47 Å². The quantitative estimate of drug-likeness (QED) is 0.376. The van der Waals surface area contributed by atoms with Gasteiger partial charge in [0.15, 0.2) is 0 Å². The monoisotopic (exact) mass is 226 g/mol. The van der Waals surface area contributed by atoms with Gasteiger partial charge < -0.3 is 9.47 Å². The van der Waals surface area contributed by atoms with Crippen molar-refractivity contribution >= 4 is 9.52 Å². The summed E-state index contributed by atoms with van der Waals surface area (Å²) in [5.74, 6) is 0.113. The minimum absolute atomic E-state index is 0.113. The summed E-state index contributed by atoms with van der Waals surface area (Å²) in [7, 11) is 3.25. The number of allylic oxidation sites excluding steroid dienone is 4. The molecule has 86 valence electrons. The van der Waals surface area contributed by atoms with Crippen LogP contribution in [0.5, 0.6) is 0 Å². The lowest BCUT2D eigenvalue weighted by Crippen LogP contribution is -2.20. The van der Waals surface area contributed by atoms with Gasteiger partial charge in [-0.15, -0.1) is 0 Å². The summed E-state index contributed by atoms with van der Waals surface area (Å²) >= 11 is 0. The second-order valence-corrected chi connectivity index (χ2v) is 6.05. The molecule has 0 spiro atoms. The maximum atomic E-state index is 5.20. The highest BCUT2D eigenvalue weighted by molar-refractivity contribution is 6.36. The first-order valence-electron chi connectivity index (χ1n) is 5.68. The molecule has 0 aromatic heterocycles. The van der Waals surface area contributed by atoms with E-state index in [-0.39, 0.29) is 15.4 Å². The van der Waals surface area contributed by atoms with Crippen molar-refractivity contribution in [2.24, 2.45) is 0 Å². The zero-order chi connectivity index (χ0) is 11.1. The van der Waals surface area contributed by atoms with E-state index in [1.807, 2.05) is 0 Å². The van der Waals surface area contributed by atoms with Crippen LogP contribution in [0.1, 0.15) is 26.2 Å². The van der Waals surface area contributed by atoms with Crippen molar-refractivity contribution in [2.75, 3.05) is 14.2 Å². The summed E-state index contributed by atoms with van der Waals surface area (Å²) in [5.41, 5.74) is 3.02. The third-order valence-electron chi connectivity index (χ3n) is 2.83. The summed E-state index contributed by atoms with van der Waals surface area (Å²) in [6.45, 7) is 2.17. The highest BCUT2D eigenvalue weighted by Gasteiger charge is 2.06. The molecule has 0 unspecified atom stereocenters. The zero-order valence-corrected chi connectivity index (χ0v) is 11.5. The van der Waals surface area contributed by atoms with Crippen LogP contribution in [0.2, 0.25) is 6.04 Å². The van der Waals surface area contributed by atoms with Crippen LogP contribution in [0, 0.1) is 0 Å². The van der Waals surface area contributed by atoms with Crippen molar-refractivity contribution in [2.45, 2.75) is 38.1 Å². The first-order chi connectivity index (χ1) is 7.26. The maximum Gasteiger partial charge on any atom is 0.134 e. The smallest absolute Gasteiger partial charge is 0.134 e. The summed E-state index contributed by atoms with van der Waals surface area (Å²) in [6, 6.07) is 1.31. The Balaban J connectivity index is 2.05. The van der Waals surface area contributed by atoms with Crippen LogP contribution in [0.4, 0.5) is 0 Å². The van der Waals surface area contributed by atoms with Crippen molar-refractivity contribution in [1.29, 1.82) is 0 Å². The van der Waals surface area contributed by atoms with E-state index in [1.165, 1.54) is 30.9 Å². The van der Waals surface area contributed by atoms with Crippen molar-refractivity contribution in [3.8, 4) is 0 Å². The molecular weight excluding hydrogens is 204 g/mol. The molecule has 0 N–H and O–H groups in total. The SMILES string of the molecule is COC(OC)[SiH2]CCCC1=CC(C)=CC1. The molecule has 1 aliphatic carbocycles. The van der Waals surface area contributed by atoms with Crippen LogP contribution < -0.4 is 0 Å². The number of methoxy groups -OCH3 is 2. The van der Waals surface area contributed by atoms with Crippen LogP contribution in [-0.2, 0) is 9.47 Å². The highest BCUT2D eigenvalue weighted by Crippen LogP contribution is 2.21. The molecule has 0 bridgehead atoms. The Bertz CT molecular complexity index is 242. The fraction of sp³-hybridized carbons (Fsp3) is 0.667. The standard InChI is InChI=1S/C12H22O2Si/c1-10-6-7-11(9-10)5-4-8-15-12(13-2)14-3/h6,9,12H,4-5,7-8,15H2,1-3H3. The molecule has 1 rings (SSSR count). The predicted molar refractivity (Wildman–Crippen MR) is 66.8 cm³/mol. The van der Waals surface area contributed by atoms with E-state index in [2.05, 4.69) is 19.1 Å². The van der Waals surface area contributed by atoms with E-state index in [1.54, 1.807) is 19.8 Å². The van der Waals surface area contributed by atoms with Gasteiger partial charge in [-0.05, 0) is 19.8 Å². The lowest BCUT2D eigenvalue weighted by atomic mass is 10.1. The fourth-order valence-corrected chi connectivity index (χ4v) is 3.24. The van der Waals surface area contributed by atoms with Crippen molar-refractivity contribution in [3.63, 3.8) is 0 Å². The minimum Gasteiger partial charge on any atom is -0.360 e. The van der Waals surface area contributed by atoms with Gasteiger partial charge in [-0.25, -0.2) is 0 Å². The number of hydrogen-bond acceptors (Lipinski definition) is 2. The molecule has 0 aromatic carbocycles. The molecule has 0 aromatic rings. The molecule has 15 heavy (non-hydrogen) atoms. The second-order valence-electron chi connectivity index (χ2n) is 4.10. The van der Waals surface area contributed by atoms with Gasteiger partial charge >= 0.3 is 0 Å². The molecule has 0 atom stereocenters. The molecule has 3 heteroatoms. The third-order valence-corrected chi connectivity index (χ3v) is 4.88. The molecule has 0 fully saturated rings. The fourth-order valence-electron chi connectivity index (χ4n) is 1.90. The second kappa shape index (κ2) is 6.98. The maximum absolute atomic E-state index is 5.20. The van der Waals surface area contributed by atoms with Crippen LogP contribution in [0.25, 0.3) is 0 Å². The minimum atomic E-state index is -0.214. The Kier molecular flexibility index (Phi) is 5.91. The van der Waals surface area contributed by atoms with Gasteiger partial charge in [0, 0.05) is 14.2 Å². The molecule has 0 radical (unpaired) electrons. The zero-order valence-electron chi connectivity index (χ0n) is 10.1. The molecule has 0 aliphatic heterocycles.